The molecule has 1 aromatic carbocycles. The van der Waals surface area contributed by atoms with Crippen LogP contribution < -0.4 is 10.6 Å². The van der Waals surface area contributed by atoms with Crippen molar-refractivity contribution in [1.82, 2.24) is 20.2 Å². The van der Waals surface area contributed by atoms with Gasteiger partial charge < -0.3 is 15.4 Å². The van der Waals surface area contributed by atoms with Crippen molar-refractivity contribution in [2.75, 3.05) is 44.7 Å². The zero-order valence-corrected chi connectivity index (χ0v) is 14.0. The lowest BCUT2D eigenvalue weighted by Gasteiger charge is -2.26. The summed E-state index contributed by atoms with van der Waals surface area (Å²) in [7, 11) is 0. The van der Waals surface area contributed by atoms with Crippen LogP contribution in [0.15, 0.2) is 30.5 Å². The van der Waals surface area contributed by atoms with Gasteiger partial charge in [-0.2, -0.15) is 0 Å². The monoisotopic (exact) mass is 363 g/mol. The van der Waals surface area contributed by atoms with E-state index in [4.69, 9.17) is 4.74 Å². The smallest absolute Gasteiger partial charge is 0.270 e. The molecule has 0 aliphatic carbocycles. The van der Waals surface area contributed by atoms with Gasteiger partial charge in [0.15, 0.2) is 11.6 Å². The molecule has 1 fully saturated rings. The Hall–Kier alpha value is -2.65. The molecule has 2 N–H and O–H groups in total. The first kappa shape index (κ1) is 18.2. The Kier molecular flexibility index (Phi) is 6.03. The molecular weight excluding hydrogens is 344 g/mol. The van der Waals surface area contributed by atoms with Gasteiger partial charge in [0, 0.05) is 44.1 Å². The summed E-state index contributed by atoms with van der Waals surface area (Å²) in [5, 5.41) is 5.55. The molecule has 1 aliphatic rings. The van der Waals surface area contributed by atoms with E-state index in [1.54, 1.807) is 0 Å². The van der Waals surface area contributed by atoms with E-state index in [0.717, 1.165) is 31.8 Å². The molecule has 0 unspecified atom stereocenters. The van der Waals surface area contributed by atoms with Crippen LogP contribution >= 0.6 is 0 Å². The van der Waals surface area contributed by atoms with Crippen molar-refractivity contribution < 1.29 is 18.3 Å². The van der Waals surface area contributed by atoms with E-state index in [0.29, 0.717) is 19.8 Å². The predicted molar refractivity (Wildman–Crippen MR) is 91.3 cm³/mol. The lowest BCUT2D eigenvalue weighted by atomic mass is 10.3. The third kappa shape index (κ3) is 4.93. The maximum atomic E-state index is 13.3. The number of amides is 1. The van der Waals surface area contributed by atoms with Gasteiger partial charge in [-0.3, -0.25) is 9.69 Å². The maximum absolute atomic E-state index is 13.3. The van der Waals surface area contributed by atoms with E-state index in [2.05, 4.69) is 25.5 Å². The highest BCUT2D eigenvalue weighted by atomic mass is 19.2. The molecule has 1 saturated heterocycles. The van der Waals surface area contributed by atoms with Gasteiger partial charge in [-0.15, -0.1) is 0 Å². The lowest BCUT2D eigenvalue weighted by Crippen LogP contribution is -2.41. The minimum Gasteiger partial charge on any atom is -0.379 e. The van der Waals surface area contributed by atoms with Crippen molar-refractivity contribution in [3.05, 3.63) is 47.8 Å². The topological polar surface area (TPSA) is 79.4 Å². The summed E-state index contributed by atoms with van der Waals surface area (Å²) in [4.78, 5) is 22.5. The summed E-state index contributed by atoms with van der Waals surface area (Å²) in [5.74, 6) is -2.12. The second kappa shape index (κ2) is 8.63. The summed E-state index contributed by atoms with van der Waals surface area (Å²) in [6.45, 7) is 4.35. The number of ether oxygens (including phenoxy) is 1. The highest BCUT2D eigenvalue weighted by molar-refractivity contribution is 5.92. The number of hydrogen-bond acceptors (Lipinski definition) is 6. The van der Waals surface area contributed by atoms with Crippen LogP contribution in [-0.4, -0.2) is 60.2 Å². The first-order chi connectivity index (χ1) is 12.6. The van der Waals surface area contributed by atoms with Crippen LogP contribution in [0.5, 0.6) is 0 Å². The Bertz CT molecular complexity index is 769. The number of anilines is 2. The molecule has 26 heavy (non-hydrogen) atoms. The molecule has 1 amide bonds. The molecule has 0 radical (unpaired) electrons. The second-order valence-corrected chi connectivity index (χ2v) is 5.73. The molecule has 0 bridgehead atoms. The fourth-order valence-electron chi connectivity index (χ4n) is 2.49. The Morgan fingerprint density at radius 2 is 2.00 bits per heavy atom. The zero-order valence-electron chi connectivity index (χ0n) is 14.0. The number of benzene rings is 1. The molecule has 138 valence electrons. The molecule has 0 saturated carbocycles. The average Bonchev–Trinajstić information content (AvgIpc) is 2.66. The van der Waals surface area contributed by atoms with E-state index in [1.807, 2.05) is 0 Å². The number of rotatable bonds is 6. The van der Waals surface area contributed by atoms with E-state index in [-0.39, 0.29) is 23.2 Å². The number of nitrogens with one attached hydrogen (secondary N) is 2. The normalized spacial score (nSPS) is 14.8. The highest BCUT2D eigenvalue weighted by Crippen LogP contribution is 2.16. The lowest BCUT2D eigenvalue weighted by molar-refractivity contribution is 0.0383. The molecule has 7 nitrogen and oxygen atoms in total. The molecule has 3 rings (SSSR count). The Morgan fingerprint density at radius 3 is 2.77 bits per heavy atom. The fourth-order valence-corrected chi connectivity index (χ4v) is 2.49. The van der Waals surface area contributed by atoms with E-state index < -0.39 is 11.6 Å². The van der Waals surface area contributed by atoms with Crippen LogP contribution in [0, 0.1) is 11.6 Å². The average molecular weight is 363 g/mol. The summed E-state index contributed by atoms with van der Waals surface area (Å²) < 4.78 is 31.5. The molecule has 1 aromatic heterocycles. The fraction of sp³-hybridized carbons (Fsp3) is 0.353. The minimum absolute atomic E-state index is 0.122. The van der Waals surface area contributed by atoms with Gasteiger partial charge >= 0.3 is 0 Å². The third-order valence-electron chi connectivity index (χ3n) is 3.88. The van der Waals surface area contributed by atoms with Gasteiger partial charge in [-0.25, -0.2) is 18.7 Å². The van der Waals surface area contributed by atoms with E-state index >= 15 is 0 Å². The highest BCUT2D eigenvalue weighted by Gasteiger charge is 2.12. The molecule has 2 heterocycles. The Balaban J connectivity index is 1.55. The van der Waals surface area contributed by atoms with Gasteiger partial charge in [0.1, 0.15) is 5.69 Å². The van der Waals surface area contributed by atoms with Crippen LogP contribution in [0.1, 0.15) is 10.5 Å². The van der Waals surface area contributed by atoms with E-state index in [1.165, 1.54) is 18.3 Å². The number of aromatic nitrogens is 2. The Morgan fingerprint density at radius 1 is 1.19 bits per heavy atom. The van der Waals surface area contributed by atoms with E-state index in [9.17, 15) is 13.6 Å². The van der Waals surface area contributed by atoms with Gasteiger partial charge in [0.05, 0.1) is 13.2 Å². The summed E-state index contributed by atoms with van der Waals surface area (Å²) in [6.07, 6.45) is 1.42. The number of halogens is 2. The van der Waals surface area contributed by atoms with Crippen LogP contribution in [0.25, 0.3) is 0 Å². The zero-order chi connectivity index (χ0) is 18.4. The second-order valence-electron chi connectivity index (χ2n) is 5.73. The number of carbonyl (C=O) groups excluding carboxylic acids is 1. The number of carbonyl (C=O) groups is 1. The molecule has 1 aliphatic heterocycles. The third-order valence-corrected chi connectivity index (χ3v) is 3.88. The summed E-state index contributed by atoms with van der Waals surface area (Å²) in [5.41, 5.74) is 0.473. The number of hydrogen-bond donors (Lipinski definition) is 2. The molecule has 9 heteroatoms. The molecule has 0 atom stereocenters. The van der Waals surface area contributed by atoms with Crippen molar-refractivity contribution in [3.8, 4) is 0 Å². The molecular formula is C17H19F2N5O2. The number of morpholine rings is 1. The first-order valence-corrected chi connectivity index (χ1v) is 8.25. The van der Waals surface area contributed by atoms with Crippen molar-refractivity contribution in [2.45, 2.75) is 0 Å². The Labute approximate surface area is 149 Å². The first-order valence-electron chi connectivity index (χ1n) is 8.25. The van der Waals surface area contributed by atoms with Crippen molar-refractivity contribution in [1.29, 1.82) is 0 Å². The van der Waals surface area contributed by atoms with Gasteiger partial charge in [-0.1, -0.05) is 0 Å². The van der Waals surface area contributed by atoms with Gasteiger partial charge in [-0.05, 0) is 18.2 Å². The maximum Gasteiger partial charge on any atom is 0.270 e. The van der Waals surface area contributed by atoms with Crippen LogP contribution in [0.4, 0.5) is 20.4 Å². The summed E-state index contributed by atoms with van der Waals surface area (Å²) >= 11 is 0. The largest absolute Gasteiger partial charge is 0.379 e. The quantitative estimate of drug-likeness (QED) is 0.811. The standard InChI is InChI=1S/C17H19F2N5O2/c18-13-2-1-12(11-14(13)19)22-17-21-4-3-15(23-17)16(25)20-5-6-24-7-9-26-10-8-24/h1-4,11H,5-10H2,(H,20,25)(H,21,22,23). The van der Waals surface area contributed by atoms with Gasteiger partial charge in [0.2, 0.25) is 5.95 Å². The molecule has 2 aromatic rings. The van der Waals surface area contributed by atoms with Gasteiger partial charge in [0.25, 0.3) is 5.91 Å². The van der Waals surface area contributed by atoms with Crippen LogP contribution in [0.3, 0.4) is 0 Å². The van der Waals surface area contributed by atoms with Crippen molar-refractivity contribution in [2.24, 2.45) is 0 Å². The van der Waals surface area contributed by atoms with Crippen LogP contribution in [-0.2, 0) is 4.74 Å². The molecule has 0 spiro atoms. The van der Waals surface area contributed by atoms with Crippen molar-refractivity contribution in [3.63, 3.8) is 0 Å². The van der Waals surface area contributed by atoms with Crippen LogP contribution in [0.2, 0.25) is 0 Å². The SMILES string of the molecule is O=C(NCCN1CCOCC1)c1ccnc(Nc2ccc(F)c(F)c2)n1. The van der Waals surface area contributed by atoms with Crippen molar-refractivity contribution >= 4 is 17.5 Å². The minimum atomic E-state index is -0.980. The predicted octanol–water partition coefficient (Wildman–Crippen LogP) is 1.56. The number of nitrogens with zero attached hydrogens (tertiary/aromatic N) is 3. The summed E-state index contributed by atoms with van der Waals surface area (Å²) in [6, 6.07) is 4.84.